The SMILES string of the molecule is CCCCCCc1ccccc1OC(=O)c1cccc(O)c1CCCCCC. The highest BCUT2D eigenvalue weighted by Gasteiger charge is 2.17. The van der Waals surface area contributed by atoms with Crippen molar-refractivity contribution in [1.29, 1.82) is 0 Å². The summed E-state index contributed by atoms with van der Waals surface area (Å²) in [6.07, 6.45) is 10.7. The van der Waals surface area contributed by atoms with E-state index >= 15 is 0 Å². The Morgan fingerprint density at radius 3 is 2.21 bits per heavy atom. The summed E-state index contributed by atoms with van der Waals surface area (Å²) in [5, 5.41) is 10.3. The molecule has 152 valence electrons. The van der Waals surface area contributed by atoms with Crippen molar-refractivity contribution in [3.63, 3.8) is 0 Å². The molecule has 1 N–H and O–H groups in total. The van der Waals surface area contributed by atoms with Crippen LogP contribution in [0, 0.1) is 0 Å². The van der Waals surface area contributed by atoms with Crippen LogP contribution in [0.1, 0.15) is 86.7 Å². The second-order valence-corrected chi connectivity index (χ2v) is 7.42. The molecule has 0 amide bonds. The van der Waals surface area contributed by atoms with Crippen molar-refractivity contribution in [3.05, 3.63) is 59.2 Å². The predicted molar refractivity (Wildman–Crippen MR) is 115 cm³/mol. The van der Waals surface area contributed by atoms with Gasteiger partial charge in [-0.15, -0.1) is 0 Å². The molecule has 0 aliphatic rings. The van der Waals surface area contributed by atoms with Crippen molar-refractivity contribution in [2.45, 2.75) is 78.1 Å². The van der Waals surface area contributed by atoms with Gasteiger partial charge in [-0.25, -0.2) is 4.79 Å². The molecule has 3 nitrogen and oxygen atoms in total. The molecule has 2 aromatic carbocycles. The first-order valence-electron chi connectivity index (χ1n) is 10.8. The van der Waals surface area contributed by atoms with E-state index in [1.165, 1.54) is 25.7 Å². The normalized spacial score (nSPS) is 10.8. The maximum Gasteiger partial charge on any atom is 0.343 e. The summed E-state index contributed by atoms with van der Waals surface area (Å²) in [5.41, 5.74) is 2.23. The van der Waals surface area contributed by atoms with Crippen LogP contribution in [0.2, 0.25) is 0 Å². The summed E-state index contributed by atoms with van der Waals surface area (Å²) < 4.78 is 5.76. The maximum atomic E-state index is 12.9. The fourth-order valence-corrected chi connectivity index (χ4v) is 3.46. The zero-order valence-corrected chi connectivity index (χ0v) is 17.4. The topological polar surface area (TPSA) is 46.5 Å². The molecule has 0 aliphatic carbocycles. The molecule has 0 bridgehead atoms. The Labute approximate surface area is 169 Å². The fraction of sp³-hybridized carbons (Fsp3) is 0.480. The number of para-hydroxylation sites is 1. The molecule has 0 aromatic heterocycles. The van der Waals surface area contributed by atoms with Gasteiger partial charge < -0.3 is 9.84 Å². The van der Waals surface area contributed by atoms with E-state index in [4.69, 9.17) is 4.74 Å². The van der Waals surface area contributed by atoms with Crippen LogP contribution in [0.25, 0.3) is 0 Å². The summed E-state index contributed by atoms with van der Waals surface area (Å²) in [6, 6.07) is 12.9. The molecule has 0 radical (unpaired) electrons. The number of ether oxygens (including phenoxy) is 1. The summed E-state index contributed by atoms with van der Waals surface area (Å²) in [6.45, 7) is 4.37. The summed E-state index contributed by atoms with van der Waals surface area (Å²) >= 11 is 0. The van der Waals surface area contributed by atoms with Gasteiger partial charge >= 0.3 is 5.97 Å². The van der Waals surface area contributed by atoms with E-state index in [9.17, 15) is 9.90 Å². The predicted octanol–water partition coefficient (Wildman–Crippen LogP) is 6.86. The van der Waals surface area contributed by atoms with E-state index in [-0.39, 0.29) is 11.7 Å². The molecule has 0 heterocycles. The minimum atomic E-state index is -0.387. The van der Waals surface area contributed by atoms with Gasteiger partial charge in [0.2, 0.25) is 0 Å². The van der Waals surface area contributed by atoms with Gasteiger partial charge in [-0.2, -0.15) is 0 Å². The fourth-order valence-electron chi connectivity index (χ4n) is 3.46. The van der Waals surface area contributed by atoms with Crippen LogP contribution >= 0.6 is 0 Å². The van der Waals surface area contributed by atoms with Crippen LogP contribution in [0.5, 0.6) is 11.5 Å². The lowest BCUT2D eigenvalue weighted by Crippen LogP contribution is -2.13. The maximum absolute atomic E-state index is 12.9. The summed E-state index contributed by atoms with van der Waals surface area (Å²) in [7, 11) is 0. The van der Waals surface area contributed by atoms with Crippen molar-refractivity contribution in [2.24, 2.45) is 0 Å². The number of hydrogen-bond acceptors (Lipinski definition) is 3. The molecule has 0 atom stereocenters. The lowest BCUT2D eigenvalue weighted by molar-refractivity contribution is 0.0731. The smallest absolute Gasteiger partial charge is 0.343 e. The highest BCUT2D eigenvalue weighted by atomic mass is 16.5. The number of carbonyl (C=O) groups excluding carboxylic acids is 1. The molecule has 0 unspecified atom stereocenters. The molecular weight excluding hydrogens is 348 g/mol. The summed E-state index contributed by atoms with van der Waals surface area (Å²) in [4.78, 5) is 12.9. The van der Waals surface area contributed by atoms with E-state index in [1.54, 1.807) is 18.2 Å². The monoisotopic (exact) mass is 382 g/mol. The first-order chi connectivity index (χ1) is 13.7. The second kappa shape index (κ2) is 12.2. The Hall–Kier alpha value is -2.29. The standard InChI is InChI=1S/C25H34O3/c1-3-5-7-9-14-20-15-11-12-19-24(20)28-25(27)22-17-13-18-23(26)21(22)16-10-8-6-4-2/h11-13,15,17-19,26H,3-10,14,16H2,1-2H3. The van der Waals surface area contributed by atoms with E-state index in [0.717, 1.165) is 37.7 Å². The van der Waals surface area contributed by atoms with Crippen molar-refractivity contribution < 1.29 is 14.6 Å². The highest BCUT2D eigenvalue weighted by Crippen LogP contribution is 2.27. The molecule has 0 spiro atoms. The average Bonchev–Trinajstić information content (AvgIpc) is 2.70. The van der Waals surface area contributed by atoms with Crippen molar-refractivity contribution in [1.82, 2.24) is 0 Å². The number of benzene rings is 2. The Bertz CT molecular complexity index is 736. The molecule has 0 saturated heterocycles. The number of hydrogen-bond donors (Lipinski definition) is 1. The lowest BCUT2D eigenvalue weighted by atomic mass is 9.99. The van der Waals surface area contributed by atoms with E-state index in [1.807, 2.05) is 24.3 Å². The number of aryl methyl sites for hydroxylation is 1. The largest absolute Gasteiger partial charge is 0.508 e. The third kappa shape index (κ3) is 6.70. The van der Waals surface area contributed by atoms with Crippen LogP contribution in [0.4, 0.5) is 0 Å². The van der Waals surface area contributed by atoms with Gasteiger partial charge in [0, 0.05) is 5.56 Å². The van der Waals surface area contributed by atoms with Crippen molar-refractivity contribution >= 4 is 5.97 Å². The molecule has 3 heteroatoms. The van der Waals surface area contributed by atoms with Crippen LogP contribution in [0.15, 0.2) is 42.5 Å². The average molecular weight is 383 g/mol. The number of rotatable bonds is 12. The second-order valence-electron chi connectivity index (χ2n) is 7.42. The van der Waals surface area contributed by atoms with Crippen LogP contribution < -0.4 is 4.74 Å². The molecular formula is C25H34O3. The third-order valence-corrected chi connectivity index (χ3v) is 5.13. The number of carbonyl (C=O) groups is 1. The zero-order valence-electron chi connectivity index (χ0n) is 17.4. The van der Waals surface area contributed by atoms with Crippen LogP contribution in [-0.4, -0.2) is 11.1 Å². The highest BCUT2D eigenvalue weighted by molar-refractivity contribution is 5.93. The number of unbranched alkanes of at least 4 members (excludes halogenated alkanes) is 6. The molecule has 2 rings (SSSR count). The van der Waals surface area contributed by atoms with E-state index < -0.39 is 0 Å². The Balaban J connectivity index is 2.09. The van der Waals surface area contributed by atoms with E-state index in [2.05, 4.69) is 13.8 Å². The Morgan fingerprint density at radius 2 is 1.50 bits per heavy atom. The summed E-state index contributed by atoms with van der Waals surface area (Å²) in [5.74, 6) is 0.422. The molecule has 2 aromatic rings. The first-order valence-corrected chi connectivity index (χ1v) is 10.8. The number of esters is 1. The number of phenolic OH excluding ortho intramolecular Hbond substituents is 1. The van der Waals surface area contributed by atoms with Gasteiger partial charge in [0.05, 0.1) is 5.56 Å². The Kier molecular flexibility index (Phi) is 9.61. The Morgan fingerprint density at radius 1 is 0.821 bits per heavy atom. The zero-order chi connectivity index (χ0) is 20.2. The van der Waals surface area contributed by atoms with E-state index in [0.29, 0.717) is 23.3 Å². The van der Waals surface area contributed by atoms with Crippen molar-refractivity contribution in [2.75, 3.05) is 0 Å². The molecule has 28 heavy (non-hydrogen) atoms. The lowest BCUT2D eigenvalue weighted by Gasteiger charge is -2.13. The van der Waals surface area contributed by atoms with Crippen LogP contribution in [0.3, 0.4) is 0 Å². The first kappa shape index (κ1) is 22.0. The number of aromatic hydroxyl groups is 1. The van der Waals surface area contributed by atoms with Gasteiger partial charge in [-0.05, 0) is 49.4 Å². The van der Waals surface area contributed by atoms with Crippen molar-refractivity contribution in [3.8, 4) is 11.5 Å². The third-order valence-electron chi connectivity index (χ3n) is 5.13. The van der Waals surface area contributed by atoms with Gasteiger partial charge in [0.25, 0.3) is 0 Å². The minimum Gasteiger partial charge on any atom is -0.508 e. The van der Waals surface area contributed by atoms with Gasteiger partial charge in [0.1, 0.15) is 11.5 Å². The van der Waals surface area contributed by atoms with Gasteiger partial charge in [-0.3, -0.25) is 0 Å². The quantitative estimate of drug-likeness (QED) is 0.248. The minimum absolute atomic E-state index is 0.179. The van der Waals surface area contributed by atoms with Gasteiger partial charge in [-0.1, -0.05) is 76.6 Å². The molecule has 0 fully saturated rings. The molecule has 0 aliphatic heterocycles. The van der Waals surface area contributed by atoms with Crippen LogP contribution in [-0.2, 0) is 12.8 Å². The van der Waals surface area contributed by atoms with Gasteiger partial charge in [0.15, 0.2) is 0 Å². The molecule has 0 saturated carbocycles. The number of phenols is 1.